The Balaban J connectivity index is 2.69. The van der Waals surface area contributed by atoms with Crippen LogP contribution in [0.3, 0.4) is 0 Å². The highest BCUT2D eigenvalue weighted by Crippen LogP contribution is 2.29. The summed E-state index contributed by atoms with van der Waals surface area (Å²) < 4.78 is 37.3. The van der Waals surface area contributed by atoms with Crippen LogP contribution >= 0.6 is 0 Å². The number of halogens is 3. The Labute approximate surface area is 98.6 Å². The fourth-order valence-corrected chi connectivity index (χ4v) is 1.56. The average Bonchev–Trinajstić information content (AvgIpc) is 2.25. The van der Waals surface area contributed by atoms with E-state index in [1.54, 1.807) is 12.1 Å². The largest absolute Gasteiger partial charge is 0.416 e. The fourth-order valence-electron chi connectivity index (χ4n) is 1.56. The molecule has 0 aliphatic carbocycles. The van der Waals surface area contributed by atoms with Crippen molar-refractivity contribution in [3.63, 3.8) is 0 Å². The van der Waals surface area contributed by atoms with Crippen LogP contribution in [0.1, 0.15) is 24.0 Å². The van der Waals surface area contributed by atoms with Gasteiger partial charge in [-0.25, -0.2) is 0 Å². The van der Waals surface area contributed by atoms with E-state index < -0.39 is 17.8 Å². The van der Waals surface area contributed by atoms with Gasteiger partial charge in [-0.2, -0.15) is 13.2 Å². The van der Waals surface area contributed by atoms with Gasteiger partial charge in [-0.3, -0.25) is 0 Å². The van der Waals surface area contributed by atoms with Crippen molar-refractivity contribution in [2.45, 2.75) is 31.5 Å². The predicted molar refractivity (Wildman–Crippen MR) is 60.6 cm³/mol. The summed E-state index contributed by atoms with van der Waals surface area (Å²) in [5.74, 6) is 0. The number of hydrogen-bond acceptors (Lipinski definition) is 1. The molecule has 1 N–H and O–H groups in total. The van der Waals surface area contributed by atoms with Gasteiger partial charge in [0.2, 0.25) is 0 Å². The lowest BCUT2D eigenvalue weighted by atomic mass is 10.0. The molecule has 0 aliphatic heterocycles. The molecule has 0 heterocycles. The molecule has 1 aromatic carbocycles. The quantitative estimate of drug-likeness (QED) is 0.785. The lowest BCUT2D eigenvalue weighted by Gasteiger charge is -2.12. The first-order valence-electron chi connectivity index (χ1n) is 5.38. The topological polar surface area (TPSA) is 20.2 Å². The summed E-state index contributed by atoms with van der Waals surface area (Å²) in [6.45, 7) is 3.53. The minimum absolute atomic E-state index is 0.234. The van der Waals surface area contributed by atoms with Crippen LogP contribution in [0.25, 0.3) is 0 Å². The van der Waals surface area contributed by atoms with E-state index in [0.29, 0.717) is 18.4 Å². The zero-order valence-electron chi connectivity index (χ0n) is 9.37. The van der Waals surface area contributed by atoms with Crippen LogP contribution in [0.2, 0.25) is 0 Å². The van der Waals surface area contributed by atoms with Crippen LogP contribution in [0.4, 0.5) is 13.2 Å². The molecule has 0 spiro atoms. The number of aliphatic hydroxyl groups is 1. The fraction of sp³-hybridized carbons (Fsp3) is 0.385. The van der Waals surface area contributed by atoms with Gasteiger partial charge in [0, 0.05) is 0 Å². The van der Waals surface area contributed by atoms with Gasteiger partial charge in [0.1, 0.15) is 0 Å². The molecule has 0 amide bonds. The van der Waals surface area contributed by atoms with Gasteiger partial charge in [0.15, 0.2) is 0 Å². The third-order valence-corrected chi connectivity index (χ3v) is 2.43. The minimum Gasteiger partial charge on any atom is -0.393 e. The zero-order chi connectivity index (χ0) is 12.9. The second-order valence-electron chi connectivity index (χ2n) is 3.92. The highest BCUT2D eigenvalue weighted by molar-refractivity contribution is 5.26. The van der Waals surface area contributed by atoms with E-state index in [2.05, 4.69) is 6.58 Å². The van der Waals surface area contributed by atoms with Crippen molar-refractivity contribution in [1.29, 1.82) is 0 Å². The molecule has 0 saturated heterocycles. The monoisotopic (exact) mass is 244 g/mol. The Morgan fingerprint density at radius 2 is 2.06 bits per heavy atom. The van der Waals surface area contributed by atoms with Gasteiger partial charge in [-0.05, 0) is 30.9 Å². The van der Waals surface area contributed by atoms with Crippen molar-refractivity contribution < 1.29 is 18.3 Å². The molecule has 0 radical (unpaired) electrons. The lowest BCUT2D eigenvalue weighted by molar-refractivity contribution is -0.137. The molecule has 0 aliphatic rings. The Kier molecular flexibility index (Phi) is 4.75. The highest BCUT2D eigenvalue weighted by Gasteiger charge is 2.30. The summed E-state index contributed by atoms with van der Waals surface area (Å²) in [7, 11) is 0. The smallest absolute Gasteiger partial charge is 0.393 e. The third kappa shape index (κ3) is 4.61. The third-order valence-electron chi connectivity index (χ3n) is 2.43. The van der Waals surface area contributed by atoms with Crippen LogP contribution in [0.5, 0.6) is 0 Å². The van der Waals surface area contributed by atoms with Crippen molar-refractivity contribution in [3.8, 4) is 0 Å². The van der Waals surface area contributed by atoms with Gasteiger partial charge in [-0.15, -0.1) is 6.58 Å². The molecule has 1 atom stereocenters. The molecule has 94 valence electrons. The number of aliphatic hydroxyl groups excluding tert-OH is 1. The number of alkyl halides is 3. The maximum Gasteiger partial charge on any atom is 0.416 e. The van der Waals surface area contributed by atoms with Crippen molar-refractivity contribution in [3.05, 3.63) is 48.0 Å². The standard InChI is InChI=1S/C13H15F3O/c1-2-3-7-12(17)9-10-5-4-6-11(8-10)13(14,15)16/h2,4-6,8,12,17H,1,3,7,9H2. The van der Waals surface area contributed by atoms with Gasteiger partial charge in [0.05, 0.1) is 11.7 Å². The molecular weight excluding hydrogens is 229 g/mol. The van der Waals surface area contributed by atoms with Crippen molar-refractivity contribution in [2.75, 3.05) is 0 Å². The minimum atomic E-state index is -4.33. The number of benzene rings is 1. The van der Waals surface area contributed by atoms with E-state index in [9.17, 15) is 18.3 Å². The molecule has 4 heteroatoms. The second kappa shape index (κ2) is 5.87. The molecule has 0 aromatic heterocycles. The predicted octanol–water partition coefficient (Wildman–Crippen LogP) is 3.58. The van der Waals surface area contributed by atoms with Crippen LogP contribution in [-0.4, -0.2) is 11.2 Å². The number of hydrogen-bond donors (Lipinski definition) is 1. The van der Waals surface area contributed by atoms with Crippen LogP contribution in [0.15, 0.2) is 36.9 Å². The molecule has 0 bridgehead atoms. The average molecular weight is 244 g/mol. The van der Waals surface area contributed by atoms with Gasteiger partial charge in [-0.1, -0.05) is 24.3 Å². The van der Waals surface area contributed by atoms with E-state index in [1.165, 1.54) is 6.07 Å². The van der Waals surface area contributed by atoms with Crippen molar-refractivity contribution in [2.24, 2.45) is 0 Å². The van der Waals surface area contributed by atoms with Gasteiger partial charge in [0.25, 0.3) is 0 Å². The molecule has 1 aromatic rings. The Bertz CT molecular complexity index is 371. The summed E-state index contributed by atoms with van der Waals surface area (Å²) in [5, 5.41) is 9.60. The summed E-state index contributed by atoms with van der Waals surface area (Å²) in [6, 6.07) is 5.06. The Morgan fingerprint density at radius 1 is 1.35 bits per heavy atom. The van der Waals surface area contributed by atoms with Crippen LogP contribution in [0, 0.1) is 0 Å². The van der Waals surface area contributed by atoms with E-state index in [4.69, 9.17) is 0 Å². The Morgan fingerprint density at radius 3 is 2.65 bits per heavy atom. The van der Waals surface area contributed by atoms with E-state index in [1.807, 2.05) is 0 Å². The second-order valence-corrected chi connectivity index (χ2v) is 3.92. The van der Waals surface area contributed by atoms with Gasteiger partial charge < -0.3 is 5.11 Å². The Hall–Kier alpha value is -1.29. The van der Waals surface area contributed by atoms with Crippen LogP contribution < -0.4 is 0 Å². The molecule has 0 saturated carbocycles. The molecule has 0 fully saturated rings. The van der Waals surface area contributed by atoms with E-state index in [-0.39, 0.29) is 6.42 Å². The summed E-state index contributed by atoms with van der Waals surface area (Å²) >= 11 is 0. The van der Waals surface area contributed by atoms with E-state index in [0.717, 1.165) is 12.1 Å². The molecule has 1 unspecified atom stereocenters. The lowest BCUT2D eigenvalue weighted by Crippen LogP contribution is -2.11. The number of allylic oxidation sites excluding steroid dienone is 1. The van der Waals surface area contributed by atoms with E-state index >= 15 is 0 Å². The summed E-state index contributed by atoms with van der Waals surface area (Å²) in [6.07, 6.45) is -1.88. The SMILES string of the molecule is C=CCCC(O)Cc1cccc(C(F)(F)F)c1. The molecule has 1 nitrogen and oxygen atoms in total. The number of rotatable bonds is 5. The normalized spacial score (nSPS) is 13.4. The molecule has 17 heavy (non-hydrogen) atoms. The maximum absolute atomic E-state index is 12.4. The van der Waals surface area contributed by atoms with Crippen LogP contribution in [-0.2, 0) is 12.6 Å². The summed E-state index contributed by atoms with van der Waals surface area (Å²) in [5.41, 5.74) is -0.178. The maximum atomic E-state index is 12.4. The molecule has 1 rings (SSSR count). The van der Waals surface area contributed by atoms with Crippen molar-refractivity contribution in [1.82, 2.24) is 0 Å². The van der Waals surface area contributed by atoms with Crippen molar-refractivity contribution >= 4 is 0 Å². The first-order valence-corrected chi connectivity index (χ1v) is 5.38. The highest BCUT2D eigenvalue weighted by atomic mass is 19.4. The van der Waals surface area contributed by atoms with Gasteiger partial charge >= 0.3 is 6.18 Å². The summed E-state index contributed by atoms with van der Waals surface area (Å²) in [4.78, 5) is 0. The zero-order valence-corrected chi connectivity index (χ0v) is 9.37. The first kappa shape index (κ1) is 13.8. The molecular formula is C13H15F3O. The first-order chi connectivity index (χ1) is 7.93.